The van der Waals surface area contributed by atoms with E-state index in [0.29, 0.717) is 17.7 Å². The molecule has 0 unspecified atom stereocenters. The van der Waals surface area contributed by atoms with E-state index in [1.807, 2.05) is 36.4 Å². The smallest absolute Gasteiger partial charge is 0.261 e. The number of hydrogen-bond acceptors (Lipinski definition) is 3. The van der Waals surface area contributed by atoms with Crippen LogP contribution in [0.1, 0.15) is 41.0 Å². The van der Waals surface area contributed by atoms with Crippen LogP contribution < -0.4 is 0 Å². The third-order valence-corrected chi connectivity index (χ3v) is 8.00. The van der Waals surface area contributed by atoms with Gasteiger partial charge in [0.25, 0.3) is 11.8 Å². The molecule has 0 aliphatic carbocycles. The zero-order valence-electron chi connectivity index (χ0n) is 15.2. The van der Waals surface area contributed by atoms with Crippen LogP contribution in [-0.2, 0) is 0 Å². The summed E-state index contributed by atoms with van der Waals surface area (Å²) in [7, 11) is 1.71. The number of imide groups is 1. The van der Waals surface area contributed by atoms with Crippen molar-refractivity contribution >= 4 is 31.5 Å². The van der Waals surface area contributed by atoms with Crippen molar-refractivity contribution in [2.24, 2.45) is 0 Å². The molecular weight excluding hydrogens is 328 g/mol. The van der Waals surface area contributed by atoms with E-state index in [9.17, 15) is 9.59 Å². The standard InChI is InChI=1S/C20H25N2O2Si/c1-4-25(5-2)21(3)11-8-12-22-19(23)17-13-15-9-6-7-10-16(15)14-18(17)20(22)24/h6-7,9-10,13-14H,4-5,8,11-12H2,1-3H3. The van der Waals surface area contributed by atoms with E-state index in [1.54, 1.807) is 0 Å². The van der Waals surface area contributed by atoms with Gasteiger partial charge in [-0.1, -0.05) is 38.1 Å². The Kier molecular flexibility index (Phi) is 5.35. The fourth-order valence-corrected chi connectivity index (χ4v) is 5.65. The van der Waals surface area contributed by atoms with Gasteiger partial charge in [-0.05, 0) is 55.0 Å². The summed E-state index contributed by atoms with van der Waals surface area (Å²) in [6.07, 6.45) is 0.829. The Hall–Kier alpha value is -1.98. The molecule has 0 saturated heterocycles. The minimum absolute atomic E-state index is 0.148. The van der Waals surface area contributed by atoms with Crippen molar-refractivity contribution in [2.45, 2.75) is 32.4 Å². The highest BCUT2D eigenvalue weighted by molar-refractivity contribution is 6.55. The van der Waals surface area contributed by atoms with Gasteiger partial charge in [-0.25, -0.2) is 0 Å². The minimum Gasteiger partial charge on any atom is -0.327 e. The summed E-state index contributed by atoms with van der Waals surface area (Å²) >= 11 is 0. The van der Waals surface area contributed by atoms with Crippen molar-refractivity contribution in [3.8, 4) is 0 Å². The highest BCUT2D eigenvalue weighted by atomic mass is 28.3. The molecule has 0 bridgehead atoms. The summed E-state index contributed by atoms with van der Waals surface area (Å²) in [4.78, 5) is 26.8. The van der Waals surface area contributed by atoms with Gasteiger partial charge in [-0.15, -0.1) is 0 Å². The molecule has 5 heteroatoms. The highest BCUT2D eigenvalue weighted by Gasteiger charge is 2.35. The molecule has 3 rings (SSSR count). The SMILES string of the molecule is CC[Si](CC)N(C)CCCN1C(=O)c2cc3ccccc3cc2C1=O. The molecule has 0 aromatic heterocycles. The molecular formula is C20H25N2O2Si. The molecule has 2 aromatic rings. The van der Waals surface area contributed by atoms with E-state index in [0.717, 1.165) is 23.7 Å². The van der Waals surface area contributed by atoms with E-state index in [-0.39, 0.29) is 11.8 Å². The van der Waals surface area contributed by atoms with Crippen LogP contribution in [0.25, 0.3) is 10.8 Å². The van der Waals surface area contributed by atoms with Crippen molar-refractivity contribution < 1.29 is 9.59 Å². The van der Waals surface area contributed by atoms with E-state index in [4.69, 9.17) is 0 Å². The van der Waals surface area contributed by atoms with E-state index in [2.05, 4.69) is 25.5 Å². The predicted molar refractivity (Wildman–Crippen MR) is 103 cm³/mol. The summed E-state index contributed by atoms with van der Waals surface area (Å²) in [6, 6.07) is 14.0. The third kappa shape index (κ3) is 3.39. The first-order valence-electron chi connectivity index (χ1n) is 9.01. The summed E-state index contributed by atoms with van der Waals surface area (Å²) in [5, 5.41) is 2.00. The molecule has 131 valence electrons. The van der Waals surface area contributed by atoms with Crippen LogP contribution in [0.15, 0.2) is 36.4 Å². The first kappa shape index (κ1) is 17.8. The number of benzene rings is 2. The maximum absolute atomic E-state index is 12.7. The molecule has 1 aliphatic rings. The Morgan fingerprint density at radius 1 is 0.960 bits per heavy atom. The zero-order valence-corrected chi connectivity index (χ0v) is 16.2. The lowest BCUT2D eigenvalue weighted by Crippen LogP contribution is -2.38. The van der Waals surface area contributed by atoms with Crippen LogP contribution in [0.2, 0.25) is 12.1 Å². The van der Waals surface area contributed by atoms with Crippen LogP contribution in [0, 0.1) is 0 Å². The molecule has 0 fully saturated rings. The van der Waals surface area contributed by atoms with E-state index < -0.39 is 8.96 Å². The summed E-state index contributed by atoms with van der Waals surface area (Å²) in [5.74, 6) is -0.296. The Morgan fingerprint density at radius 3 is 1.96 bits per heavy atom. The topological polar surface area (TPSA) is 40.6 Å². The Morgan fingerprint density at radius 2 is 1.48 bits per heavy atom. The normalized spacial score (nSPS) is 14.2. The first-order chi connectivity index (χ1) is 12.1. The molecule has 2 amide bonds. The molecule has 4 nitrogen and oxygen atoms in total. The van der Waals surface area contributed by atoms with Gasteiger partial charge < -0.3 is 4.57 Å². The van der Waals surface area contributed by atoms with Gasteiger partial charge in [0.05, 0.1) is 11.1 Å². The van der Waals surface area contributed by atoms with Gasteiger partial charge in [0, 0.05) is 6.54 Å². The van der Waals surface area contributed by atoms with Crippen LogP contribution in [0.5, 0.6) is 0 Å². The summed E-state index contributed by atoms with van der Waals surface area (Å²) < 4.78 is 2.43. The minimum atomic E-state index is -0.457. The Balaban J connectivity index is 1.71. The largest absolute Gasteiger partial charge is 0.327 e. The van der Waals surface area contributed by atoms with Crippen molar-refractivity contribution in [3.05, 3.63) is 47.5 Å². The van der Waals surface area contributed by atoms with Gasteiger partial charge in [0.15, 0.2) is 0 Å². The molecule has 1 aliphatic heterocycles. The lowest BCUT2D eigenvalue weighted by atomic mass is 10.0. The molecule has 0 spiro atoms. The van der Waals surface area contributed by atoms with Gasteiger partial charge in [-0.2, -0.15) is 0 Å². The molecule has 1 radical (unpaired) electrons. The highest BCUT2D eigenvalue weighted by Crippen LogP contribution is 2.28. The molecule has 0 atom stereocenters. The average molecular weight is 354 g/mol. The second kappa shape index (κ2) is 7.50. The molecule has 2 aromatic carbocycles. The van der Waals surface area contributed by atoms with Crippen LogP contribution in [-0.4, -0.2) is 50.4 Å². The number of fused-ring (bicyclic) bond motifs is 2. The fourth-order valence-electron chi connectivity index (χ4n) is 3.59. The fraction of sp³-hybridized carbons (Fsp3) is 0.400. The lowest BCUT2D eigenvalue weighted by molar-refractivity contribution is 0.0651. The molecule has 1 heterocycles. The Labute approximate surface area is 151 Å². The van der Waals surface area contributed by atoms with Crippen molar-refractivity contribution in [2.75, 3.05) is 20.1 Å². The van der Waals surface area contributed by atoms with Crippen molar-refractivity contribution in [1.82, 2.24) is 9.47 Å². The second-order valence-corrected chi connectivity index (χ2v) is 9.87. The van der Waals surface area contributed by atoms with Gasteiger partial charge in [-0.3, -0.25) is 14.5 Å². The van der Waals surface area contributed by atoms with Gasteiger partial charge in [0.2, 0.25) is 0 Å². The second-order valence-electron chi connectivity index (χ2n) is 6.56. The van der Waals surface area contributed by atoms with Crippen LogP contribution in [0.4, 0.5) is 0 Å². The monoisotopic (exact) mass is 353 g/mol. The van der Waals surface area contributed by atoms with Gasteiger partial charge >= 0.3 is 0 Å². The van der Waals surface area contributed by atoms with E-state index in [1.165, 1.54) is 17.0 Å². The van der Waals surface area contributed by atoms with E-state index >= 15 is 0 Å². The third-order valence-electron chi connectivity index (χ3n) is 5.07. The number of carbonyl (C=O) groups excluding carboxylic acids is 2. The number of nitrogens with zero attached hydrogens (tertiary/aromatic N) is 2. The van der Waals surface area contributed by atoms with Crippen LogP contribution >= 0.6 is 0 Å². The summed E-state index contributed by atoms with van der Waals surface area (Å²) in [6.45, 7) is 5.91. The predicted octanol–water partition coefficient (Wildman–Crippen LogP) is 3.79. The maximum atomic E-state index is 12.7. The van der Waals surface area contributed by atoms with Crippen molar-refractivity contribution in [3.63, 3.8) is 0 Å². The number of carbonyl (C=O) groups is 2. The molecule has 25 heavy (non-hydrogen) atoms. The molecule has 0 saturated carbocycles. The quantitative estimate of drug-likeness (QED) is 0.562. The number of rotatable bonds is 7. The zero-order chi connectivity index (χ0) is 18.0. The van der Waals surface area contributed by atoms with Gasteiger partial charge in [0.1, 0.15) is 8.96 Å². The maximum Gasteiger partial charge on any atom is 0.261 e. The van der Waals surface area contributed by atoms with Crippen molar-refractivity contribution in [1.29, 1.82) is 0 Å². The number of amides is 2. The number of hydrogen-bond donors (Lipinski definition) is 0. The summed E-state index contributed by atoms with van der Waals surface area (Å²) in [5.41, 5.74) is 1.09. The first-order valence-corrected chi connectivity index (χ1v) is 10.9. The Bertz CT molecular complexity index is 747. The molecule has 0 N–H and O–H groups in total. The average Bonchev–Trinajstić information content (AvgIpc) is 2.85. The van der Waals surface area contributed by atoms with Crippen LogP contribution in [0.3, 0.4) is 0 Å². The lowest BCUT2D eigenvalue weighted by Gasteiger charge is -2.25.